The van der Waals surface area contributed by atoms with Gasteiger partial charge in [-0.05, 0) is 0 Å². The standard InChI is InChI=1S/C8H18I/c1-4-6-9-7-8(3)5-2/h8H,4-7H2,1-3H3/q-1. The third-order valence-electron chi connectivity index (χ3n) is 1.39. The van der Waals surface area contributed by atoms with Crippen molar-refractivity contribution < 1.29 is 21.2 Å². The normalized spacial score (nSPS) is 14.1. The Bertz CT molecular complexity index is 52.5. The number of hydrogen-bond acceptors (Lipinski definition) is 0. The minimum atomic E-state index is 0.578. The Morgan fingerprint density at radius 1 is 1.33 bits per heavy atom. The number of rotatable bonds is 5. The van der Waals surface area contributed by atoms with Crippen molar-refractivity contribution in [3.05, 3.63) is 0 Å². The molecule has 0 aromatic carbocycles. The minimum absolute atomic E-state index is 0.578. The van der Waals surface area contributed by atoms with Crippen molar-refractivity contribution in [1.29, 1.82) is 0 Å². The Hall–Kier alpha value is 0.730. The van der Waals surface area contributed by atoms with Crippen LogP contribution in [0.25, 0.3) is 0 Å². The van der Waals surface area contributed by atoms with Gasteiger partial charge in [0.25, 0.3) is 0 Å². The van der Waals surface area contributed by atoms with Crippen LogP contribution in [0.3, 0.4) is 0 Å². The van der Waals surface area contributed by atoms with Crippen LogP contribution in [0.4, 0.5) is 0 Å². The number of halogens is 1. The summed E-state index contributed by atoms with van der Waals surface area (Å²) in [7, 11) is 0. The molecule has 0 aliphatic heterocycles. The Morgan fingerprint density at radius 2 is 2.00 bits per heavy atom. The van der Waals surface area contributed by atoms with Crippen molar-refractivity contribution in [3.63, 3.8) is 0 Å². The molecule has 0 bridgehead atoms. The Labute approximate surface area is 69.7 Å². The quantitative estimate of drug-likeness (QED) is 0.347. The van der Waals surface area contributed by atoms with E-state index in [4.69, 9.17) is 0 Å². The van der Waals surface area contributed by atoms with Crippen LogP contribution in [0, 0.1) is 5.92 Å². The van der Waals surface area contributed by atoms with Gasteiger partial charge in [-0.2, -0.15) is 0 Å². The molecule has 1 heteroatoms. The van der Waals surface area contributed by atoms with Crippen molar-refractivity contribution in [1.82, 2.24) is 0 Å². The summed E-state index contributed by atoms with van der Waals surface area (Å²) < 4.78 is 3.08. The fraction of sp³-hybridized carbons (Fsp3) is 1.00. The zero-order chi connectivity index (χ0) is 7.11. The fourth-order valence-corrected chi connectivity index (χ4v) is 3.40. The maximum absolute atomic E-state index is 2.37. The molecule has 0 spiro atoms. The zero-order valence-corrected chi connectivity index (χ0v) is 8.94. The predicted octanol–water partition coefficient (Wildman–Crippen LogP) is -0.468. The van der Waals surface area contributed by atoms with Gasteiger partial charge in [0.15, 0.2) is 0 Å². The first-order valence-electron chi connectivity index (χ1n) is 3.84. The summed E-state index contributed by atoms with van der Waals surface area (Å²) in [5, 5.41) is 0. The molecule has 0 N–H and O–H groups in total. The van der Waals surface area contributed by atoms with Gasteiger partial charge < -0.3 is 0 Å². The van der Waals surface area contributed by atoms with E-state index < -0.39 is 0 Å². The first kappa shape index (κ1) is 9.73. The molecule has 0 aromatic heterocycles. The summed E-state index contributed by atoms with van der Waals surface area (Å²) in [5.41, 5.74) is 0. The van der Waals surface area contributed by atoms with Crippen LogP contribution >= 0.6 is 0 Å². The Balaban J connectivity index is 2.88. The van der Waals surface area contributed by atoms with Gasteiger partial charge in [0, 0.05) is 0 Å². The molecule has 0 aromatic rings. The second kappa shape index (κ2) is 6.84. The van der Waals surface area contributed by atoms with E-state index in [1.54, 1.807) is 4.43 Å². The van der Waals surface area contributed by atoms with Gasteiger partial charge in [0.1, 0.15) is 0 Å². The molecule has 0 amide bonds. The molecule has 0 nitrogen and oxygen atoms in total. The monoisotopic (exact) mass is 241 g/mol. The molecule has 0 saturated heterocycles. The zero-order valence-electron chi connectivity index (χ0n) is 6.78. The van der Waals surface area contributed by atoms with Gasteiger partial charge in [-0.25, -0.2) is 0 Å². The van der Waals surface area contributed by atoms with Crippen molar-refractivity contribution in [2.45, 2.75) is 33.6 Å². The van der Waals surface area contributed by atoms with Crippen LogP contribution in [0.2, 0.25) is 0 Å². The van der Waals surface area contributed by atoms with Crippen LogP contribution in [-0.4, -0.2) is 8.86 Å². The Morgan fingerprint density at radius 3 is 2.44 bits per heavy atom. The van der Waals surface area contributed by atoms with Gasteiger partial charge >= 0.3 is 69.6 Å². The summed E-state index contributed by atoms with van der Waals surface area (Å²) in [4.78, 5) is 0. The van der Waals surface area contributed by atoms with E-state index in [2.05, 4.69) is 20.8 Å². The van der Waals surface area contributed by atoms with Crippen LogP contribution in [-0.2, 0) is 0 Å². The third-order valence-corrected chi connectivity index (χ3v) is 5.36. The molecule has 0 heterocycles. The van der Waals surface area contributed by atoms with Crippen LogP contribution in [0.1, 0.15) is 33.6 Å². The average molecular weight is 241 g/mol. The molecular formula is C8H18I-. The summed E-state index contributed by atoms with van der Waals surface area (Å²) in [5.74, 6) is 1.00. The van der Waals surface area contributed by atoms with E-state index >= 15 is 0 Å². The second-order valence-corrected chi connectivity index (χ2v) is 5.58. The predicted molar refractivity (Wildman–Crippen MR) is 39.5 cm³/mol. The molecule has 0 aliphatic rings. The molecule has 9 heavy (non-hydrogen) atoms. The van der Waals surface area contributed by atoms with E-state index in [-0.39, 0.29) is 0 Å². The molecule has 0 rings (SSSR count). The van der Waals surface area contributed by atoms with Crippen LogP contribution < -0.4 is 21.2 Å². The SMILES string of the molecule is CCC[I-]CC(C)CC. The first-order chi connectivity index (χ1) is 4.31. The van der Waals surface area contributed by atoms with Gasteiger partial charge in [-0.15, -0.1) is 0 Å². The summed E-state index contributed by atoms with van der Waals surface area (Å²) >= 11 is 0.578. The molecule has 0 fully saturated rings. The summed E-state index contributed by atoms with van der Waals surface area (Å²) in [6.45, 7) is 6.95. The molecule has 58 valence electrons. The van der Waals surface area contributed by atoms with Gasteiger partial charge in [-0.3, -0.25) is 0 Å². The van der Waals surface area contributed by atoms with Crippen molar-refractivity contribution in [2.75, 3.05) is 8.86 Å². The van der Waals surface area contributed by atoms with Crippen molar-refractivity contribution in [3.8, 4) is 0 Å². The number of alkyl halides is 2. The van der Waals surface area contributed by atoms with E-state index in [1.807, 2.05) is 0 Å². The third kappa shape index (κ3) is 6.62. The van der Waals surface area contributed by atoms with Crippen molar-refractivity contribution >= 4 is 0 Å². The molecule has 1 atom stereocenters. The molecular weight excluding hydrogens is 223 g/mol. The first-order valence-corrected chi connectivity index (χ1v) is 6.89. The van der Waals surface area contributed by atoms with E-state index in [0.717, 1.165) is 5.92 Å². The van der Waals surface area contributed by atoms with Crippen LogP contribution in [0.15, 0.2) is 0 Å². The summed E-state index contributed by atoms with van der Waals surface area (Å²) in [6.07, 6.45) is 2.78. The van der Waals surface area contributed by atoms with Crippen molar-refractivity contribution in [2.24, 2.45) is 5.92 Å². The van der Waals surface area contributed by atoms with E-state index in [1.165, 1.54) is 17.3 Å². The average Bonchev–Trinajstić information content (AvgIpc) is 1.89. The van der Waals surface area contributed by atoms with E-state index in [9.17, 15) is 0 Å². The molecule has 0 saturated carbocycles. The van der Waals surface area contributed by atoms with Gasteiger partial charge in [0.2, 0.25) is 0 Å². The van der Waals surface area contributed by atoms with Crippen LogP contribution in [0.5, 0.6) is 0 Å². The molecule has 1 unspecified atom stereocenters. The maximum atomic E-state index is 2.37. The molecule has 0 radical (unpaired) electrons. The Kier molecular flexibility index (Phi) is 7.40. The fourth-order valence-electron chi connectivity index (χ4n) is 0.506. The van der Waals surface area contributed by atoms with Gasteiger partial charge in [0.05, 0.1) is 0 Å². The van der Waals surface area contributed by atoms with Gasteiger partial charge in [-0.1, -0.05) is 0 Å². The molecule has 0 aliphatic carbocycles. The summed E-state index contributed by atoms with van der Waals surface area (Å²) in [6, 6.07) is 0. The second-order valence-electron chi connectivity index (χ2n) is 2.55. The van der Waals surface area contributed by atoms with E-state index in [0.29, 0.717) is 21.2 Å². The topological polar surface area (TPSA) is 0 Å². The number of hydrogen-bond donors (Lipinski definition) is 0.